The van der Waals surface area contributed by atoms with Crippen molar-refractivity contribution in [2.75, 3.05) is 18.4 Å². The van der Waals surface area contributed by atoms with E-state index in [0.29, 0.717) is 25.3 Å². The van der Waals surface area contributed by atoms with Crippen molar-refractivity contribution in [3.05, 3.63) is 24.3 Å². The Kier molecular flexibility index (Phi) is 5.64. The minimum absolute atomic E-state index is 0.0902. The molecule has 1 N–H and O–H groups in total. The normalized spacial score (nSPS) is 21.0. The lowest BCUT2D eigenvalue weighted by Crippen LogP contribution is -2.30. The standard InChI is InChI=1S/C19H23N3O2S/c1-13(8-9-20)25-17-5-3-2-4-16(17)21-19(24)15-10-18(23)22(12-15)11-14-6-7-14/h2-5,13-15H,6-8,10-12H2,1H3,(H,21,24)/t13-,15-/m1/s1. The van der Waals surface area contributed by atoms with Crippen LogP contribution in [-0.2, 0) is 9.59 Å². The van der Waals surface area contributed by atoms with Crippen molar-refractivity contribution in [3.63, 3.8) is 0 Å². The quantitative estimate of drug-likeness (QED) is 0.760. The number of carbonyl (C=O) groups excluding carboxylic acids is 2. The monoisotopic (exact) mass is 357 g/mol. The highest BCUT2D eigenvalue weighted by atomic mass is 32.2. The number of amides is 2. The molecule has 5 nitrogen and oxygen atoms in total. The summed E-state index contributed by atoms with van der Waals surface area (Å²) in [6.45, 7) is 3.33. The van der Waals surface area contributed by atoms with E-state index in [1.165, 1.54) is 12.8 Å². The number of likely N-dealkylation sites (tertiary alicyclic amines) is 1. The van der Waals surface area contributed by atoms with E-state index >= 15 is 0 Å². The maximum atomic E-state index is 12.6. The largest absolute Gasteiger partial charge is 0.342 e. The Bertz CT molecular complexity index is 696. The van der Waals surface area contributed by atoms with Gasteiger partial charge in [0.25, 0.3) is 0 Å². The lowest BCUT2D eigenvalue weighted by molar-refractivity contribution is -0.128. The van der Waals surface area contributed by atoms with Gasteiger partial charge in [0.15, 0.2) is 0 Å². The molecule has 0 spiro atoms. The van der Waals surface area contributed by atoms with E-state index in [4.69, 9.17) is 5.26 Å². The van der Waals surface area contributed by atoms with E-state index in [0.717, 1.165) is 17.1 Å². The fourth-order valence-corrected chi connectivity index (χ4v) is 4.03. The van der Waals surface area contributed by atoms with Gasteiger partial charge in [-0.05, 0) is 30.9 Å². The predicted octanol–water partition coefficient (Wildman–Crippen LogP) is 3.28. The number of nitrogens with one attached hydrogen (secondary N) is 1. The van der Waals surface area contributed by atoms with Crippen LogP contribution in [0.4, 0.5) is 5.69 Å². The summed E-state index contributed by atoms with van der Waals surface area (Å²) in [4.78, 5) is 27.5. The first kappa shape index (κ1) is 17.8. The summed E-state index contributed by atoms with van der Waals surface area (Å²) >= 11 is 1.58. The molecule has 6 heteroatoms. The average molecular weight is 357 g/mol. The van der Waals surface area contributed by atoms with Crippen LogP contribution in [0.1, 0.15) is 32.6 Å². The lowest BCUT2D eigenvalue weighted by atomic mass is 10.1. The molecular formula is C19H23N3O2S. The molecule has 1 aromatic carbocycles. The SMILES string of the molecule is C[C@H](CC#N)Sc1ccccc1NC(=O)[C@@H]1CC(=O)N(CC2CC2)C1. The number of para-hydroxylation sites is 1. The van der Waals surface area contributed by atoms with Crippen molar-refractivity contribution >= 4 is 29.3 Å². The number of nitriles is 1. The van der Waals surface area contributed by atoms with E-state index in [1.54, 1.807) is 11.8 Å². The Labute approximate surface area is 152 Å². The Morgan fingerprint density at radius 1 is 1.44 bits per heavy atom. The average Bonchev–Trinajstić information content (AvgIpc) is 3.32. The fraction of sp³-hybridized carbons (Fsp3) is 0.526. The van der Waals surface area contributed by atoms with Gasteiger partial charge in [0, 0.05) is 36.1 Å². The molecule has 1 heterocycles. The molecule has 25 heavy (non-hydrogen) atoms. The fourth-order valence-electron chi connectivity index (χ4n) is 3.03. The van der Waals surface area contributed by atoms with Gasteiger partial charge < -0.3 is 10.2 Å². The van der Waals surface area contributed by atoms with Crippen LogP contribution in [0.25, 0.3) is 0 Å². The lowest BCUT2D eigenvalue weighted by Gasteiger charge is -2.17. The maximum absolute atomic E-state index is 12.6. The first-order chi connectivity index (χ1) is 12.1. The second-order valence-electron chi connectivity index (χ2n) is 6.92. The summed E-state index contributed by atoms with van der Waals surface area (Å²) in [5.41, 5.74) is 0.760. The molecule has 0 aromatic heterocycles. The summed E-state index contributed by atoms with van der Waals surface area (Å²) < 4.78 is 0. The molecule has 2 atom stereocenters. The molecule has 3 rings (SSSR count). The van der Waals surface area contributed by atoms with Crippen molar-refractivity contribution in [3.8, 4) is 6.07 Å². The number of thioether (sulfide) groups is 1. The third-order valence-corrected chi connectivity index (χ3v) is 5.79. The molecule has 2 aliphatic rings. The number of benzene rings is 1. The van der Waals surface area contributed by atoms with E-state index in [2.05, 4.69) is 11.4 Å². The van der Waals surface area contributed by atoms with Crippen LogP contribution < -0.4 is 5.32 Å². The second kappa shape index (κ2) is 7.92. The molecule has 1 aliphatic heterocycles. The molecule has 1 saturated heterocycles. The topological polar surface area (TPSA) is 73.2 Å². The van der Waals surface area contributed by atoms with E-state index in [9.17, 15) is 9.59 Å². The molecule has 0 bridgehead atoms. The summed E-state index contributed by atoms with van der Waals surface area (Å²) in [5.74, 6) is 0.371. The van der Waals surface area contributed by atoms with Gasteiger partial charge >= 0.3 is 0 Å². The van der Waals surface area contributed by atoms with Crippen molar-refractivity contribution in [2.24, 2.45) is 11.8 Å². The van der Waals surface area contributed by atoms with Crippen LogP contribution in [0.15, 0.2) is 29.2 Å². The van der Waals surface area contributed by atoms with Crippen molar-refractivity contribution in [1.29, 1.82) is 5.26 Å². The van der Waals surface area contributed by atoms with Crippen LogP contribution in [0.3, 0.4) is 0 Å². The first-order valence-electron chi connectivity index (χ1n) is 8.78. The highest BCUT2D eigenvalue weighted by Crippen LogP contribution is 2.34. The highest BCUT2D eigenvalue weighted by molar-refractivity contribution is 8.00. The molecule has 132 valence electrons. The maximum Gasteiger partial charge on any atom is 0.229 e. The number of carbonyl (C=O) groups is 2. The molecule has 2 amide bonds. The van der Waals surface area contributed by atoms with Crippen LogP contribution in [0.5, 0.6) is 0 Å². The van der Waals surface area contributed by atoms with Gasteiger partial charge in [0.05, 0.1) is 17.7 Å². The number of nitrogens with zero attached hydrogens (tertiary/aromatic N) is 2. The molecular weight excluding hydrogens is 334 g/mol. The summed E-state index contributed by atoms with van der Waals surface area (Å²) in [6, 6.07) is 9.80. The molecule has 0 unspecified atom stereocenters. The molecule has 1 aromatic rings. The number of anilines is 1. The van der Waals surface area contributed by atoms with Crippen molar-refractivity contribution in [2.45, 2.75) is 42.8 Å². The van der Waals surface area contributed by atoms with E-state index in [1.807, 2.05) is 36.1 Å². The van der Waals surface area contributed by atoms with Crippen LogP contribution >= 0.6 is 11.8 Å². The van der Waals surface area contributed by atoms with Crippen LogP contribution in [0.2, 0.25) is 0 Å². The Hall–Kier alpha value is -2.00. The summed E-state index contributed by atoms with van der Waals surface area (Å²) in [7, 11) is 0. The molecule has 2 fully saturated rings. The Balaban J connectivity index is 1.61. The molecule has 1 saturated carbocycles. The zero-order chi connectivity index (χ0) is 17.8. The minimum atomic E-state index is -0.277. The Morgan fingerprint density at radius 3 is 2.92 bits per heavy atom. The molecule has 0 radical (unpaired) electrons. The summed E-state index contributed by atoms with van der Waals surface area (Å²) in [5, 5.41) is 12.0. The van der Waals surface area contributed by atoms with Gasteiger partial charge in [-0.3, -0.25) is 9.59 Å². The van der Waals surface area contributed by atoms with Crippen molar-refractivity contribution < 1.29 is 9.59 Å². The number of hydrogen-bond acceptors (Lipinski definition) is 4. The third kappa shape index (κ3) is 4.76. The van der Waals surface area contributed by atoms with Gasteiger partial charge in [-0.2, -0.15) is 5.26 Å². The third-order valence-electron chi connectivity index (χ3n) is 4.61. The van der Waals surface area contributed by atoms with Crippen LogP contribution in [-0.4, -0.2) is 35.1 Å². The van der Waals surface area contributed by atoms with Gasteiger partial charge in [0.2, 0.25) is 11.8 Å². The zero-order valence-electron chi connectivity index (χ0n) is 14.4. The minimum Gasteiger partial charge on any atom is -0.342 e. The smallest absolute Gasteiger partial charge is 0.229 e. The predicted molar refractivity (Wildman–Crippen MR) is 98.0 cm³/mol. The highest BCUT2D eigenvalue weighted by Gasteiger charge is 2.37. The number of hydrogen-bond donors (Lipinski definition) is 1. The van der Waals surface area contributed by atoms with E-state index in [-0.39, 0.29) is 23.0 Å². The van der Waals surface area contributed by atoms with E-state index < -0.39 is 0 Å². The van der Waals surface area contributed by atoms with Gasteiger partial charge in [-0.25, -0.2) is 0 Å². The first-order valence-corrected chi connectivity index (χ1v) is 9.66. The molecule has 1 aliphatic carbocycles. The number of rotatable bonds is 7. The van der Waals surface area contributed by atoms with Crippen molar-refractivity contribution in [1.82, 2.24) is 4.90 Å². The zero-order valence-corrected chi connectivity index (χ0v) is 15.2. The van der Waals surface area contributed by atoms with Crippen LogP contribution in [0, 0.1) is 23.2 Å². The second-order valence-corrected chi connectivity index (χ2v) is 8.40. The Morgan fingerprint density at radius 2 is 2.20 bits per heavy atom. The summed E-state index contributed by atoms with van der Waals surface area (Å²) in [6.07, 6.45) is 3.16. The van der Waals surface area contributed by atoms with Gasteiger partial charge in [0.1, 0.15) is 0 Å². The van der Waals surface area contributed by atoms with Gasteiger partial charge in [-0.1, -0.05) is 19.1 Å². The van der Waals surface area contributed by atoms with Gasteiger partial charge in [-0.15, -0.1) is 11.8 Å².